The van der Waals surface area contributed by atoms with Gasteiger partial charge < -0.3 is 20.1 Å². The zero-order valence-electron chi connectivity index (χ0n) is 20.8. The van der Waals surface area contributed by atoms with Crippen LogP contribution in [0, 0.1) is 17.8 Å². The Hall–Kier alpha value is -3.68. The first-order valence-electron chi connectivity index (χ1n) is 13.0. The highest BCUT2D eigenvalue weighted by atomic mass is 19.4. The van der Waals surface area contributed by atoms with Crippen molar-refractivity contribution < 1.29 is 27.4 Å². The molecule has 38 heavy (non-hydrogen) atoms. The summed E-state index contributed by atoms with van der Waals surface area (Å²) in [5, 5.41) is 5.26. The van der Waals surface area contributed by atoms with E-state index in [9.17, 15) is 18.0 Å². The maximum Gasteiger partial charge on any atom is 0.573 e. The molecule has 3 aromatic rings. The molecule has 4 bridgehead atoms. The Bertz CT molecular complexity index is 1250. The number of hydrogen-bond acceptors (Lipinski definition) is 3. The number of alkyl halides is 3. The fourth-order valence-corrected chi connectivity index (χ4v) is 7.12. The number of carbonyl (C=O) groups is 1. The van der Waals surface area contributed by atoms with Gasteiger partial charge in [-0.25, -0.2) is 4.79 Å². The molecular weight excluding hydrogens is 493 g/mol. The van der Waals surface area contributed by atoms with E-state index in [2.05, 4.69) is 39.6 Å². The molecule has 5 nitrogen and oxygen atoms in total. The minimum Gasteiger partial charge on any atom is -0.457 e. The third-order valence-corrected chi connectivity index (χ3v) is 8.20. The standard InChI is InChI=1S/C30H29F3N2O3/c31-30(32,33)38-27-11-5-24(6-12-27)35-28(36)34-23-3-9-26(10-4-23)37-25-7-1-22(2-8-25)29-16-19-13-20(17-29)15-21(14-19)18-29/h1-12,19-21H,13-18H2,(H2,34,35,36). The first kappa shape index (κ1) is 24.6. The summed E-state index contributed by atoms with van der Waals surface area (Å²) in [6.45, 7) is 0. The predicted molar refractivity (Wildman–Crippen MR) is 139 cm³/mol. The van der Waals surface area contributed by atoms with Crippen molar-refractivity contribution in [2.45, 2.75) is 50.3 Å². The van der Waals surface area contributed by atoms with Crippen LogP contribution in [-0.2, 0) is 5.41 Å². The summed E-state index contributed by atoms with van der Waals surface area (Å²) in [6.07, 6.45) is 3.53. The van der Waals surface area contributed by atoms with E-state index in [4.69, 9.17) is 4.74 Å². The van der Waals surface area contributed by atoms with Crippen LogP contribution in [0.1, 0.15) is 44.1 Å². The van der Waals surface area contributed by atoms with Gasteiger partial charge in [-0.05, 0) is 128 Å². The van der Waals surface area contributed by atoms with Gasteiger partial charge in [0.15, 0.2) is 0 Å². The van der Waals surface area contributed by atoms with E-state index >= 15 is 0 Å². The topological polar surface area (TPSA) is 59.6 Å². The molecule has 4 aliphatic rings. The van der Waals surface area contributed by atoms with E-state index in [1.807, 2.05) is 0 Å². The Morgan fingerprint density at radius 2 is 1.11 bits per heavy atom. The highest BCUT2D eigenvalue weighted by Crippen LogP contribution is 2.60. The lowest BCUT2D eigenvalue weighted by atomic mass is 9.48. The Kier molecular flexibility index (Phi) is 6.20. The second-order valence-electron chi connectivity index (χ2n) is 11.0. The van der Waals surface area contributed by atoms with Crippen LogP contribution < -0.4 is 20.1 Å². The molecule has 0 atom stereocenters. The van der Waals surface area contributed by atoms with Gasteiger partial charge in [-0.1, -0.05) is 12.1 Å². The molecule has 2 N–H and O–H groups in total. The molecule has 7 rings (SSSR count). The van der Waals surface area contributed by atoms with Crippen LogP contribution in [0.4, 0.5) is 29.3 Å². The zero-order chi connectivity index (χ0) is 26.3. The lowest BCUT2D eigenvalue weighted by molar-refractivity contribution is -0.274. The number of hydrogen-bond donors (Lipinski definition) is 2. The summed E-state index contributed by atoms with van der Waals surface area (Å²) in [5.74, 6) is 3.79. The fourth-order valence-electron chi connectivity index (χ4n) is 7.12. The summed E-state index contributed by atoms with van der Waals surface area (Å²) in [4.78, 5) is 12.3. The Labute approximate surface area is 219 Å². The normalized spacial score (nSPS) is 25.6. The van der Waals surface area contributed by atoms with E-state index < -0.39 is 12.4 Å². The van der Waals surface area contributed by atoms with Gasteiger partial charge in [0.2, 0.25) is 0 Å². The third-order valence-electron chi connectivity index (χ3n) is 8.20. The molecule has 0 heterocycles. The van der Waals surface area contributed by atoms with Gasteiger partial charge in [0.25, 0.3) is 0 Å². The number of rotatable bonds is 6. The van der Waals surface area contributed by atoms with Crippen molar-refractivity contribution in [3.05, 3.63) is 78.4 Å². The Morgan fingerprint density at radius 3 is 1.55 bits per heavy atom. The number of anilines is 2. The summed E-state index contributed by atoms with van der Waals surface area (Å²) < 4.78 is 46.7. The first-order chi connectivity index (χ1) is 18.2. The van der Waals surface area contributed by atoms with Crippen LogP contribution in [0.25, 0.3) is 0 Å². The molecular formula is C30H29F3N2O3. The van der Waals surface area contributed by atoms with E-state index in [1.54, 1.807) is 24.3 Å². The summed E-state index contributed by atoms with van der Waals surface area (Å²) in [6, 6.07) is 20.0. The molecule has 0 radical (unpaired) electrons. The number of ether oxygens (including phenoxy) is 2. The second kappa shape index (κ2) is 9.57. The van der Waals surface area contributed by atoms with Crippen LogP contribution in [0.15, 0.2) is 72.8 Å². The molecule has 0 aromatic heterocycles. The molecule has 4 fully saturated rings. The average molecular weight is 523 g/mol. The largest absolute Gasteiger partial charge is 0.573 e. The monoisotopic (exact) mass is 522 g/mol. The van der Waals surface area contributed by atoms with E-state index in [0.717, 1.165) is 35.6 Å². The molecule has 0 aliphatic heterocycles. The van der Waals surface area contributed by atoms with Crippen molar-refractivity contribution >= 4 is 17.4 Å². The summed E-state index contributed by atoms with van der Waals surface area (Å²) in [7, 11) is 0. The quantitative estimate of drug-likeness (QED) is 0.341. The molecule has 2 amide bonds. The first-order valence-corrected chi connectivity index (χ1v) is 13.0. The highest BCUT2D eigenvalue weighted by molar-refractivity contribution is 5.99. The maximum absolute atomic E-state index is 12.3. The summed E-state index contributed by atoms with van der Waals surface area (Å²) in [5.41, 5.74) is 2.69. The van der Waals surface area contributed by atoms with Crippen LogP contribution in [0.2, 0.25) is 0 Å². The number of carbonyl (C=O) groups excluding carboxylic acids is 1. The van der Waals surface area contributed by atoms with Crippen molar-refractivity contribution in [3.63, 3.8) is 0 Å². The second-order valence-corrected chi connectivity index (χ2v) is 11.0. The van der Waals surface area contributed by atoms with Crippen LogP contribution >= 0.6 is 0 Å². The van der Waals surface area contributed by atoms with Gasteiger partial charge in [0, 0.05) is 11.4 Å². The van der Waals surface area contributed by atoms with Crippen LogP contribution in [0.5, 0.6) is 17.2 Å². The van der Waals surface area contributed by atoms with Gasteiger partial charge in [-0.3, -0.25) is 0 Å². The molecule has 4 aliphatic carbocycles. The van der Waals surface area contributed by atoms with Crippen molar-refractivity contribution in [1.29, 1.82) is 0 Å². The van der Waals surface area contributed by atoms with Gasteiger partial charge in [0.1, 0.15) is 17.2 Å². The van der Waals surface area contributed by atoms with Crippen molar-refractivity contribution in [3.8, 4) is 17.2 Å². The number of nitrogens with one attached hydrogen (secondary N) is 2. The van der Waals surface area contributed by atoms with Gasteiger partial charge >= 0.3 is 12.4 Å². The molecule has 8 heteroatoms. The number of amides is 2. The lowest BCUT2D eigenvalue weighted by Gasteiger charge is -2.57. The lowest BCUT2D eigenvalue weighted by Crippen LogP contribution is -2.48. The van der Waals surface area contributed by atoms with Crippen LogP contribution in [-0.4, -0.2) is 12.4 Å². The summed E-state index contributed by atoms with van der Waals surface area (Å²) >= 11 is 0. The van der Waals surface area contributed by atoms with E-state index in [-0.39, 0.29) is 5.75 Å². The van der Waals surface area contributed by atoms with Gasteiger partial charge in [-0.2, -0.15) is 0 Å². The molecule has 0 spiro atoms. The molecule has 0 saturated heterocycles. The van der Waals surface area contributed by atoms with Crippen molar-refractivity contribution in [2.24, 2.45) is 17.8 Å². The molecule has 3 aromatic carbocycles. The van der Waals surface area contributed by atoms with Crippen molar-refractivity contribution in [1.82, 2.24) is 0 Å². The fraction of sp³-hybridized carbons (Fsp3) is 0.367. The smallest absolute Gasteiger partial charge is 0.457 e. The minimum absolute atomic E-state index is 0.328. The number of halogens is 3. The maximum atomic E-state index is 12.3. The third kappa shape index (κ3) is 5.44. The van der Waals surface area contributed by atoms with E-state index in [1.165, 1.54) is 56.2 Å². The SMILES string of the molecule is O=C(Nc1ccc(Oc2ccc(C34CC5CC(CC(C5)C3)C4)cc2)cc1)Nc1ccc(OC(F)(F)F)cc1. The Morgan fingerprint density at radius 1 is 0.684 bits per heavy atom. The van der Waals surface area contributed by atoms with Crippen LogP contribution in [0.3, 0.4) is 0 Å². The van der Waals surface area contributed by atoms with Crippen molar-refractivity contribution in [2.75, 3.05) is 10.6 Å². The van der Waals surface area contributed by atoms with Gasteiger partial charge in [-0.15, -0.1) is 13.2 Å². The highest BCUT2D eigenvalue weighted by Gasteiger charge is 2.51. The minimum atomic E-state index is -4.76. The predicted octanol–water partition coefficient (Wildman–Crippen LogP) is 8.49. The Balaban J connectivity index is 1.02. The number of benzene rings is 3. The molecule has 0 unspecified atom stereocenters. The van der Waals surface area contributed by atoms with Gasteiger partial charge in [0.05, 0.1) is 0 Å². The molecule has 4 saturated carbocycles. The average Bonchev–Trinajstić information content (AvgIpc) is 2.85. The zero-order valence-corrected chi connectivity index (χ0v) is 20.8. The van der Waals surface area contributed by atoms with E-state index in [0.29, 0.717) is 22.5 Å². The molecule has 198 valence electrons. The number of urea groups is 1.